The number of allylic oxidation sites excluding steroid dienone is 4. The van der Waals surface area contributed by atoms with Gasteiger partial charge in [-0.2, -0.15) is 0 Å². The summed E-state index contributed by atoms with van der Waals surface area (Å²) in [6.45, 7) is 6.90. The molecule has 0 nitrogen and oxygen atoms in total. The second-order valence-corrected chi connectivity index (χ2v) is 8.25. The molecular formula is C9H16Cl2Zr. The van der Waals surface area contributed by atoms with E-state index in [0.717, 1.165) is 3.63 Å². The summed E-state index contributed by atoms with van der Waals surface area (Å²) in [5, 5.41) is 0. The first kappa shape index (κ1) is 15.4. The zero-order chi connectivity index (χ0) is 7.56. The smallest absolute Gasteiger partial charge is 0.147 e. The van der Waals surface area contributed by atoms with Gasteiger partial charge in [0.15, 0.2) is 0 Å². The molecule has 0 unspecified atom stereocenters. The average Bonchev–Trinajstić information content (AvgIpc) is 2.13. The second kappa shape index (κ2) is 7.36. The summed E-state index contributed by atoms with van der Waals surface area (Å²) in [4.78, 5) is 0. The monoisotopic (exact) mass is 284 g/mol. The maximum atomic E-state index is 2.40. The van der Waals surface area contributed by atoms with Gasteiger partial charge in [-0.05, 0) is 0 Å². The fourth-order valence-corrected chi connectivity index (χ4v) is 4.26. The van der Waals surface area contributed by atoms with Crippen molar-refractivity contribution in [3.8, 4) is 0 Å². The topological polar surface area (TPSA) is 0 Å². The largest absolute Gasteiger partial charge is 0.147 e. The SMILES string of the molecule is CC1=CC[C]([Zr][CH](C)C)=C1.Cl.Cl. The minimum absolute atomic E-state index is 0. The first-order valence-electron chi connectivity index (χ1n) is 3.82. The summed E-state index contributed by atoms with van der Waals surface area (Å²) in [6.07, 6.45) is 6.01. The molecule has 0 aliphatic heterocycles. The third kappa shape index (κ3) is 5.57. The van der Waals surface area contributed by atoms with Crippen molar-refractivity contribution in [2.45, 2.75) is 30.8 Å². The van der Waals surface area contributed by atoms with Crippen LogP contribution < -0.4 is 0 Å². The molecule has 0 heterocycles. The van der Waals surface area contributed by atoms with E-state index in [0.29, 0.717) is 0 Å². The van der Waals surface area contributed by atoms with Crippen molar-refractivity contribution in [1.82, 2.24) is 0 Å². The number of hydrogen-bond donors (Lipinski definition) is 0. The predicted molar refractivity (Wildman–Crippen MR) is 56.1 cm³/mol. The van der Waals surface area contributed by atoms with Gasteiger partial charge in [0.05, 0.1) is 0 Å². The Balaban J connectivity index is 0. The van der Waals surface area contributed by atoms with Gasteiger partial charge < -0.3 is 0 Å². The Morgan fingerprint density at radius 1 is 1.33 bits per heavy atom. The van der Waals surface area contributed by atoms with Crippen LogP contribution in [-0.4, -0.2) is 0 Å². The van der Waals surface area contributed by atoms with Gasteiger partial charge in [-0.15, -0.1) is 24.8 Å². The zero-order valence-electron chi connectivity index (χ0n) is 7.76. The van der Waals surface area contributed by atoms with Crippen molar-refractivity contribution >= 4 is 24.8 Å². The van der Waals surface area contributed by atoms with E-state index in [-0.39, 0.29) is 48.0 Å². The van der Waals surface area contributed by atoms with Crippen molar-refractivity contribution in [3.05, 3.63) is 21.0 Å². The van der Waals surface area contributed by atoms with Gasteiger partial charge in [-0.25, -0.2) is 0 Å². The molecule has 70 valence electrons. The summed E-state index contributed by atoms with van der Waals surface area (Å²) in [7, 11) is 0. The van der Waals surface area contributed by atoms with Crippen LogP contribution in [0.4, 0.5) is 0 Å². The maximum Gasteiger partial charge on any atom is -0.147 e. The molecule has 0 N–H and O–H groups in total. The van der Waals surface area contributed by atoms with Crippen LogP contribution in [0.3, 0.4) is 0 Å². The molecule has 0 aromatic carbocycles. The van der Waals surface area contributed by atoms with Crippen molar-refractivity contribution in [2.75, 3.05) is 0 Å². The molecule has 0 saturated heterocycles. The summed E-state index contributed by atoms with van der Waals surface area (Å²) in [5.74, 6) is 0. The Kier molecular flexibility index (Phi) is 9.45. The van der Waals surface area contributed by atoms with E-state index < -0.39 is 0 Å². The third-order valence-corrected chi connectivity index (χ3v) is 4.71. The van der Waals surface area contributed by atoms with Crippen LogP contribution in [0.5, 0.6) is 0 Å². The van der Waals surface area contributed by atoms with Crippen LogP contribution in [0.2, 0.25) is 3.63 Å². The van der Waals surface area contributed by atoms with E-state index in [1.807, 2.05) is 0 Å². The van der Waals surface area contributed by atoms with Crippen LogP contribution in [0, 0.1) is 0 Å². The van der Waals surface area contributed by atoms with Crippen LogP contribution in [0.25, 0.3) is 0 Å². The third-order valence-electron chi connectivity index (χ3n) is 1.52. The standard InChI is InChI=1S/C6H7.C3H7.2ClH.Zr/c1-6-4-2-3-5-6;1-3-2;;;/h4-5H,2H2,1H3;3H,1-2H3;2*1H;. The molecule has 0 aromatic rings. The Bertz CT molecular complexity index is 183. The van der Waals surface area contributed by atoms with Gasteiger partial charge in [0, 0.05) is 0 Å². The van der Waals surface area contributed by atoms with Gasteiger partial charge in [-0.3, -0.25) is 0 Å². The van der Waals surface area contributed by atoms with Gasteiger partial charge in [0.2, 0.25) is 0 Å². The molecule has 0 spiro atoms. The zero-order valence-corrected chi connectivity index (χ0v) is 11.8. The molecule has 0 fully saturated rings. The molecule has 0 amide bonds. The molecule has 0 saturated carbocycles. The Labute approximate surface area is 99.3 Å². The summed E-state index contributed by atoms with van der Waals surface area (Å²) >= 11 is -0.163. The molecule has 0 bridgehead atoms. The molecule has 1 aliphatic carbocycles. The first-order chi connectivity index (χ1) is 4.68. The molecule has 12 heavy (non-hydrogen) atoms. The van der Waals surface area contributed by atoms with Crippen molar-refractivity contribution in [3.63, 3.8) is 0 Å². The minimum Gasteiger partial charge on any atom is -0.147 e. The van der Waals surface area contributed by atoms with Crippen LogP contribution >= 0.6 is 24.8 Å². The van der Waals surface area contributed by atoms with Gasteiger partial charge in [0.1, 0.15) is 0 Å². The average molecular weight is 286 g/mol. The van der Waals surface area contributed by atoms with Crippen molar-refractivity contribution < 1.29 is 23.2 Å². The van der Waals surface area contributed by atoms with Crippen LogP contribution in [-0.2, 0) is 23.2 Å². The van der Waals surface area contributed by atoms with E-state index >= 15 is 0 Å². The Hall–Kier alpha value is 0.943. The van der Waals surface area contributed by atoms with Gasteiger partial charge in [0.25, 0.3) is 0 Å². The molecule has 3 heteroatoms. The van der Waals surface area contributed by atoms with E-state index in [2.05, 4.69) is 32.9 Å². The van der Waals surface area contributed by atoms with E-state index in [9.17, 15) is 0 Å². The first-order valence-corrected chi connectivity index (χ1v) is 6.47. The Morgan fingerprint density at radius 2 is 1.92 bits per heavy atom. The summed E-state index contributed by atoms with van der Waals surface area (Å²) in [6, 6.07) is 0. The van der Waals surface area contributed by atoms with Crippen molar-refractivity contribution in [1.29, 1.82) is 0 Å². The van der Waals surface area contributed by atoms with Crippen molar-refractivity contribution in [2.24, 2.45) is 0 Å². The fraction of sp³-hybridized carbons (Fsp3) is 0.556. The number of halogens is 2. The molecule has 1 aliphatic rings. The molecule has 1 rings (SSSR count). The molecule has 0 radical (unpaired) electrons. The summed E-state index contributed by atoms with van der Waals surface area (Å²) in [5.41, 5.74) is 1.48. The molecular weight excluding hydrogens is 270 g/mol. The summed E-state index contributed by atoms with van der Waals surface area (Å²) < 4.78 is 2.75. The van der Waals surface area contributed by atoms with Crippen LogP contribution in [0.15, 0.2) is 21.0 Å². The van der Waals surface area contributed by atoms with Crippen LogP contribution in [0.1, 0.15) is 27.2 Å². The molecule has 0 aromatic heterocycles. The van der Waals surface area contributed by atoms with E-state index in [1.54, 1.807) is 3.28 Å². The van der Waals surface area contributed by atoms with Gasteiger partial charge >= 0.3 is 75.1 Å². The quantitative estimate of drug-likeness (QED) is 0.720. The number of rotatable bonds is 2. The maximum absolute atomic E-state index is 2.40. The predicted octanol–water partition coefficient (Wildman–Crippen LogP) is 3.97. The van der Waals surface area contributed by atoms with Gasteiger partial charge in [-0.1, -0.05) is 0 Å². The Morgan fingerprint density at radius 3 is 2.25 bits per heavy atom. The minimum atomic E-state index is -0.163. The fourth-order valence-electron chi connectivity index (χ4n) is 1.14. The number of hydrogen-bond acceptors (Lipinski definition) is 0. The molecule has 0 atom stereocenters. The van der Waals surface area contributed by atoms with E-state index in [4.69, 9.17) is 0 Å². The second-order valence-electron chi connectivity index (χ2n) is 3.12. The van der Waals surface area contributed by atoms with E-state index in [1.165, 1.54) is 12.0 Å². The normalized spacial score (nSPS) is 14.3.